The van der Waals surface area contributed by atoms with E-state index in [9.17, 15) is 9.59 Å². The molecule has 6 nitrogen and oxygen atoms in total. The van der Waals surface area contributed by atoms with E-state index in [1.54, 1.807) is 42.5 Å². The Kier molecular flexibility index (Phi) is 26.0. The van der Waals surface area contributed by atoms with Crippen molar-refractivity contribution in [2.75, 3.05) is 0 Å². The molecule has 1 saturated carbocycles. The predicted molar refractivity (Wildman–Crippen MR) is 290 cm³/mol. The first-order valence-electron chi connectivity index (χ1n) is 25.0. The lowest BCUT2D eigenvalue weighted by Crippen LogP contribution is -2.54. The highest BCUT2D eigenvalue weighted by Gasteiger charge is 2.56. The number of carbonyl (C=O) groups is 2. The minimum absolute atomic E-state index is 0.291. The summed E-state index contributed by atoms with van der Waals surface area (Å²) in [5.41, 5.74) is 0.255. The van der Waals surface area contributed by atoms with Crippen LogP contribution in [0.15, 0.2) is 195 Å². The van der Waals surface area contributed by atoms with Gasteiger partial charge in [-0.2, -0.15) is 0 Å². The van der Waals surface area contributed by atoms with Crippen LogP contribution in [0.2, 0.25) is 0 Å². The van der Waals surface area contributed by atoms with Gasteiger partial charge in [0, 0.05) is 5.41 Å². The van der Waals surface area contributed by atoms with Crippen LogP contribution in [0.5, 0.6) is 0 Å². The molecule has 0 aromatic rings. The summed E-state index contributed by atoms with van der Waals surface area (Å²) >= 11 is 0. The maximum absolute atomic E-state index is 14.8. The Morgan fingerprint density at radius 2 is 0.838 bits per heavy atom. The Morgan fingerprint density at radius 3 is 1.21 bits per heavy atom. The molecule has 0 bridgehead atoms. The van der Waals surface area contributed by atoms with E-state index in [2.05, 4.69) is 79.5 Å². The van der Waals surface area contributed by atoms with Crippen molar-refractivity contribution in [3.05, 3.63) is 195 Å². The molecule has 1 aliphatic rings. The first-order chi connectivity index (χ1) is 32.4. The van der Waals surface area contributed by atoms with E-state index in [-0.39, 0.29) is 17.0 Å². The number of rotatable bonds is 32. The van der Waals surface area contributed by atoms with Gasteiger partial charge in [-0.15, -0.1) is 0 Å². The van der Waals surface area contributed by atoms with Crippen LogP contribution in [0.25, 0.3) is 0 Å². The predicted octanol–water partition coefficient (Wildman–Crippen LogP) is 17.6. The second-order valence-corrected chi connectivity index (χ2v) is 17.9. The number of esters is 2. The highest BCUT2D eigenvalue weighted by atomic mass is 16.6. The van der Waals surface area contributed by atoms with Crippen molar-refractivity contribution in [2.45, 2.75) is 164 Å². The fourth-order valence-electron chi connectivity index (χ4n) is 8.99. The standard InChI is InChI=1S/C62H88O6/c1-19-48(38-42-52(23-5)65-56(63)58(17,27-9)28-10)49(20-2)39-43-55(26-8)68-62(33-15,34-16)61(31-13,32-14)57(64)66-53(24-6)44-40-50(21-3)60(46-36-35-37-47-60)51(22-4)41-45-54(25-7)67-59(18,29-11)30-12/h19-26,38-45H,1-8,27-37,46-47H2,9-18H3/b48-38+,49-39+,50-40+,51-41+,52-42+,53-44+,54-45+,55-43+. The van der Waals surface area contributed by atoms with Crippen molar-refractivity contribution in [2.24, 2.45) is 16.2 Å². The number of hydrogen-bond donors (Lipinski definition) is 0. The Bertz CT molecular complexity index is 2040. The van der Waals surface area contributed by atoms with Crippen molar-refractivity contribution in [1.29, 1.82) is 0 Å². The van der Waals surface area contributed by atoms with E-state index in [1.165, 1.54) is 6.08 Å². The van der Waals surface area contributed by atoms with Crippen molar-refractivity contribution in [1.82, 2.24) is 0 Å². The van der Waals surface area contributed by atoms with Gasteiger partial charge in [0.25, 0.3) is 0 Å². The van der Waals surface area contributed by atoms with Crippen LogP contribution in [0.4, 0.5) is 0 Å². The average molecular weight is 929 g/mol. The van der Waals surface area contributed by atoms with Crippen LogP contribution in [-0.4, -0.2) is 23.1 Å². The molecule has 0 N–H and O–H groups in total. The summed E-state index contributed by atoms with van der Waals surface area (Å²) < 4.78 is 25.5. The summed E-state index contributed by atoms with van der Waals surface area (Å²) in [6.07, 6.45) is 38.9. The van der Waals surface area contributed by atoms with Crippen LogP contribution in [0.1, 0.15) is 153 Å². The van der Waals surface area contributed by atoms with E-state index in [0.717, 1.165) is 67.2 Å². The number of carbonyl (C=O) groups excluding carboxylic acids is 2. The zero-order valence-corrected chi connectivity index (χ0v) is 44.0. The number of hydrogen-bond acceptors (Lipinski definition) is 6. The smallest absolute Gasteiger partial charge is 0.321 e. The summed E-state index contributed by atoms with van der Waals surface area (Å²) in [4.78, 5) is 27.8. The quantitative estimate of drug-likeness (QED) is 0.0380. The lowest BCUT2D eigenvalue weighted by molar-refractivity contribution is -0.178. The normalized spacial score (nSPS) is 16.2. The molecule has 68 heavy (non-hydrogen) atoms. The summed E-state index contributed by atoms with van der Waals surface area (Å²) in [6.45, 7) is 52.9. The Balaban J connectivity index is 3.81. The van der Waals surface area contributed by atoms with E-state index in [4.69, 9.17) is 18.9 Å². The van der Waals surface area contributed by atoms with E-state index >= 15 is 0 Å². The zero-order chi connectivity index (χ0) is 51.6. The van der Waals surface area contributed by atoms with Gasteiger partial charge in [-0.1, -0.05) is 176 Å². The molecule has 0 amide bonds. The molecule has 0 aromatic heterocycles. The van der Waals surface area contributed by atoms with Gasteiger partial charge in [-0.3, -0.25) is 9.59 Å². The minimum Gasteiger partial charge on any atom is -0.488 e. The fourth-order valence-corrected chi connectivity index (χ4v) is 8.99. The van der Waals surface area contributed by atoms with Gasteiger partial charge in [0.15, 0.2) is 0 Å². The minimum atomic E-state index is -1.05. The molecular weight excluding hydrogens is 841 g/mol. The number of ether oxygens (including phenoxy) is 4. The molecule has 1 fully saturated rings. The molecule has 0 atom stereocenters. The molecule has 0 radical (unpaired) electrons. The van der Waals surface area contributed by atoms with Crippen LogP contribution in [0, 0.1) is 16.2 Å². The Morgan fingerprint density at radius 1 is 0.441 bits per heavy atom. The van der Waals surface area contributed by atoms with Crippen molar-refractivity contribution in [3.63, 3.8) is 0 Å². The van der Waals surface area contributed by atoms with E-state index < -0.39 is 22.4 Å². The summed E-state index contributed by atoms with van der Waals surface area (Å²) in [6, 6.07) is 0. The van der Waals surface area contributed by atoms with Gasteiger partial charge in [-0.25, -0.2) is 0 Å². The summed E-state index contributed by atoms with van der Waals surface area (Å²) in [7, 11) is 0. The van der Waals surface area contributed by atoms with Crippen LogP contribution in [0.3, 0.4) is 0 Å². The third-order valence-electron chi connectivity index (χ3n) is 14.8. The maximum atomic E-state index is 14.8. The lowest BCUT2D eigenvalue weighted by atomic mass is 9.64. The van der Waals surface area contributed by atoms with Gasteiger partial charge in [0.2, 0.25) is 0 Å². The lowest BCUT2D eigenvalue weighted by Gasteiger charge is -2.47. The number of allylic oxidation sites excluding steroid dienone is 20. The summed E-state index contributed by atoms with van der Waals surface area (Å²) in [5.74, 6) is 1.13. The third-order valence-corrected chi connectivity index (χ3v) is 14.8. The molecule has 1 rings (SSSR count). The fraction of sp³-hybridized carbons (Fsp3) is 0.452. The van der Waals surface area contributed by atoms with Gasteiger partial charge < -0.3 is 18.9 Å². The van der Waals surface area contributed by atoms with Crippen molar-refractivity contribution >= 4 is 11.9 Å². The van der Waals surface area contributed by atoms with Gasteiger partial charge >= 0.3 is 11.9 Å². The molecule has 0 aromatic carbocycles. The molecule has 0 aliphatic heterocycles. The third kappa shape index (κ3) is 14.9. The highest BCUT2D eigenvalue weighted by Crippen LogP contribution is 2.50. The summed E-state index contributed by atoms with van der Waals surface area (Å²) in [5, 5.41) is 0. The van der Waals surface area contributed by atoms with Crippen molar-refractivity contribution < 1.29 is 28.5 Å². The van der Waals surface area contributed by atoms with Gasteiger partial charge in [0.1, 0.15) is 39.7 Å². The van der Waals surface area contributed by atoms with Crippen LogP contribution < -0.4 is 0 Å². The second kappa shape index (κ2) is 29.3. The monoisotopic (exact) mass is 929 g/mol. The van der Waals surface area contributed by atoms with E-state index in [0.29, 0.717) is 61.6 Å². The van der Waals surface area contributed by atoms with Crippen LogP contribution in [-0.2, 0) is 28.5 Å². The average Bonchev–Trinajstić information content (AvgIpc) is 3.37. The second-order valence-electron chi connectivity index (χ2n) is 17.9. The molecule has 6 heteroatoms. The first kappa shape index (κ1) is 60.4. The zero-order valence-electron chi connectivity index (χ0n) is 44.0. The molecular formula is C62H88O6. The van der Waals surface area contributed by atoms with E-state index in [1.807, 2.05) is 91.0 Å². The topological polar surface area (TPSA) is 71.1 Å². The SMILES string of the molecule is C=C\C(=C/C=C(C=C)/C(C=C)=C/C=C(\C=C)OC(CC)(CC)C(CC)(CC)C(=O)O/C(C=C)=C/C=C(\C=C)C1(/C(C=C)=C/C=C(\C=C)OC(C)(CC)CC)CCCCC1)OC(=O)C(C)(CC)CC. The molecule has 0 saturated heterocycles. The van der Waals surface area contributed by atoms with Gasteiger partial charge in [0.05, 0.1) is 5.41 Å². The molecule has 0 unspecified atom stereocenters. The van der Waals surface area contributed by atoms with Crippen LogP contribution >= 0.6 is 0 Å². The highest BCUT2D eigenvalue weighted by molar-refractivity contribution is 5.80. The first-order valence-corrected chi connectivity index (χ1v) is 25.0. The molecule has 1 aliphatic carbocycles. The molecule has 0 heterocycles. The Labute approximate surface area is 414 Å². The Hall–Kier alpha value is -5.62. The van der Waals surface area contributed by atoms with Gasteiger partial charge in [-0.05, 0) is 149 Å². The van der Waals surface area contributed by atoms with Crippen molar-refractivity contribution in [3.8, 4) is 0 Å². The largest absolute Gasteiger partial charge is 0.488 e. The molecule has 372 valence electrons. The molecule has 0 spiro atoms. The maximum Gasteiger partial charge on any atom is 0.321 e.